The van der Waals surface area contributed by atoms with Gasteiger partial charge in [0.1, 0.15) is 0 Å². The van der Waals surface area contributed by atoms with E-state index in [4.69, 9.17) is 0 Å². The molecule has 10 aromatic rings. The van der Waals surface area contributed by atoms with Gasteiger partial charge in [0.25, 0.3) is 0 Å². The zero-order valence-corrected chi connectivity index (χ0v) is 35.5. The molecule has 0 nitrogen and oxygen atoms in total. The Morgan fingerprint density at radius 1 is 0.375 bits per heavy atom. The molecule has 56 heavy (non-hydrogen) atoms. The fraction of sp³-hybridized carbons (Fsp3) is 0.0741. The number of hydrogen-bond donors (Lipinski definition) is 0. The van der Waals surface area contributed by atoms with E-state index in [9.17, 15) is 0 Å². The van der Waals surface area contributed by atoms with Gasteiger partial charge in [-0.25, -0.2) is 0 Å². The molecule has 0 aliphatic heterocycles. The molecule has 268 valence electrons. The number of benzene rings is 8. The molecular weight excluding hydrogens is 768 g/mol. The first kappa shape index (κ1) is 37.5. The molecular formula is C54H44SiZr. The second-order valence-corrected chi connectivity index (χ2v) is 19.8. The third-order valence-electron chi connectivity index (χ3n) is 10.7. The van der Waals surface area contributed by atoms with Crippen LogP contribution in [-0.2, 0) is 36.2 Å². The molecule has 0 aliphatic carbocycles. The van der Waals surface area contributed by atoms with Crippen LogP contribution in [0.1, 0.15) is 25.0 Å². The molecule has 0 saturated heterocycles. The predicted octanol–water partition coefficient (Wildman–Crippen LogP) is 13.2. The first-order chi connectivity index (χ1) is 27.6. The van der Waals surface area contributed by atoms with Crippen molar-refractivity contribution >= 4 is 58.9 Å². The van der Waals surface area contributed by atoms with Crippen molar-refractivity contribution in [1.29, 1.82) is 0 Å². The Balaban J connectivity index is 0.000000121. The zero-order valence-electron chi connectivity index (χ0n) is 32.0. The normalized spacial score (nSPS) is 10.9. The van der Waals surface area contributed by atoms with Crippen LogP contribution in [0.2, 0.25) is 0 Å². The molecule has 0 unspecified atom stereocenters. The van der Waals surface area contributed by atoms with Gasteiger partial charge in [-0.2, -0.15) is 12.1 Å². The first-order valence-corrected chi connectivity index (χ1v) is 24.8. The third-order valence-corrected chi connectivity index (χ3v) is 16.8. The van der Waals surface area contributed by atoms with Gasteiger partial charge in [-0.05, 0) is 45.5 Å². The summed E-state index contributed by atoms with van der Waals surface area (Å²) in [6, 6.07) is 74.6. The SMILES string of the molecule is CCc1cc2c(-c3cccc4ccccc34)cccc2[cH-]1.CCc1cc2c(-c3cccc4ccccc34)cccc2[cH-]1.[Zr+2]=[Si](c1ccccc1)c1ccccc1. The second-order valence-electron chi connectivity index (χ2n) is 14.2. The van der Waals surface area contributed by atoms with Crippen LogP contribution in [0.25, 0.3) is 65.3 Å². The van der Waals surface area contributed by atoms with Crippen LogP contribution in [0.5, 0.6) is 0 Å². The van der Waals surface area contributed by atoms with Crippen LogP contribution >= 0.6 is 0 Å². The molecule has 10 rings (SSSR count). The Morgan fingerprint density at radius 3 is 1.12 bits per heavy atom. The summed E-state index contributed by atoms with van der Waals surface area (Å²) in [5, 5.41) is 13.7. The molecule has 2 heteroatoms. The van der Waals surface area contributed by atoms with Gasteiger partial charge in [0.2, 0.25) is 0 Å². The topological polar surface area (TPSA) is 0 Å². The summed E-state index contributed by atoms with van der Waals surface area (Å²) in [5.74, 6) is 0. The van der Waals surface area contributed by atoms with E-state index in [1.165, 1.54) is 86.8 Å². The minimum absolute atomic E-state index is 0.455. The van der Waals surface area contributed by atoms with Crippen molar-refractivity contribution in [3.05, 3.63) is 217 Å². The first-order valence-electron chi connectivity index (χ1n) is 19.6. The van der Waals surface area contributed by atoms with E-state index in [0.29, 0.717) is 0 Å². The van der Waals surface area contributed by atoms with E-state index in [-0.39, 0.29) is 0 Å². The molecule has 0 bridgehead atoms. The summed E-state index contributed by atoms with van der Waals surface area (Å²) in [6.45, 7) is 4.43. The predicted molar refractivity (Wildman–Crippen MR) is 242 cm³/mol. The fourth-order valence-electron chi connectivity index (χ4n) is 7.77. The van der Waals surface area contributed by atoms with Gasteiger partial charge in [-0.1, -0.05) is 122 Å². The zero-order chi connectivity index (χ0) is 38.3. The average molecular weight is 812 g/mol. The van der Waals surface area contributed by atoms with Gasteiger partial charge in [-0.3, -0.25) is 0 Å². The van der Waals surface area contributed by atoms with Crippen LogP contribution in [0.3, 0.4) is 0 Å². The third kappa shape index (κ3) is 8.10. The Hall–Kier alpha value is -5.40. The summed E-state index contributed by atoms with van der Waals surface area (Å²) in [4.78, 5) is 0. The summed E-state index contributed by atoms with van der Waals surface area (Å²) in [6.07, 6.45) is 2.17. The van der Waals surface area contributed by atoms with Crippen molar-refractivity contribution < 1.29 is 23.3 Å². The quantitative estimate of drug-likeness (QED) is 0.116. The Morgan fingerprint density at radius 2 is 0.714 bits per heavy atom. The van der Waals surface area contributed by atoms with Crippen molar-refractivity contribution in [3.63, 3.8) is 0 Å². The monoisotopic (exact) mass is 810 g/mol. The van der Waals surface area contributed by atoms with E-state index < -0.39 is 5.43 Å². The van der Waals surface area contributed by atoms with Gasteiger partial charge < -0.3 is 0 Å². The molecule has 0 aliphatic rings. The van der Waals surface area contributed by atoms with E-state index in [1.807, 2.05) is 0 Å². The summed E-state index contributed by atoms with van der Waals surface area (Å²) < 4.78 is 0. The molecule has 0 radical (unpaired) electrons. The van der Waals surface area contributed by atoms with Gasteiger partial charge in [0, 0.05) is 0 Å². The van der Waals surface area contributed by atoms with Crippen LogP contribution in [0.15, 0.2) is 206 Å². The molecule has 0 heterocycles. The molecule has 10 aromatic carbocycles. The average Bonchev–Trinajstić information content (AvgIpc) is 3.91. The van der Waals surface area contributed by atoms with E-state index in [1.54, 1.807) is 23.3 Å². The minimum atomic E-state index is -0.455. The molecule has 0 N–H and O–H groups in total. The van der Waals surface area contributed by atoms with Crippen LogP contribution in [-0.4, -0.2) is 5.43 Å². The standard InChI is InChI=1S/2C21H17.C12H10Si.Zr/c2*1-2-15-13-17-9-6-12-20(21(17)14-15)19-11-5-8-16-7-3-4-10-18(16)19;1-3-7-11(8-4-1)13-12-9-5-2-6-10-12;/h2*3-14H,2H2,1H3;1-10H;/q2*-1;;+2. The van der Waals surface area contributed by atoms with Gasteiger partial charge in [-0.15, -0.1) is 69.1 Å². The van der Waals surface area contributed by atoms with Crippen LogP contribution < -0.4 is 10.4 Å². The molecule has 0 saturated carbocycles. The van der Waals surface area contributed by atoms with Crippen molar-refractivity contribution in [3.8, 4) is 22.3 Å². The molecule has 0 spiro atoms. The maximum absolute atomic E-state index is 2.34. The molecule has 0 aromatic heterocycles. The van der Waals surface area contributed by atoms with Crippen molar-refractivity contribution in [1.82, 2.24) is 0 Å². The fourth-order valence-corrected chi connectivity index (χ4v) is 11.6. The van der Waals surface area contributed by atoms with Gasteiger partial charge in [0.15, 0.2) is 0 Å². The number of fused-ring (bicyclic) bond motifs is 4. The van der Waals surface area contributed by atoms with Gasteiger partial charge in [0.05, 0.1) is 0 Å². The Bertz CT molecular complexity index is 2680. The summed E-state index contributed by atoms with van der Waals surface area (Å²) >= 11 is 1.64. The maximum atomic E-state index is 2.34. The summed E-state index contributed by atoms with van der Waals surface area (Å²) in [7, 11) is 0. The van der Waals surface area contributed by atoms with E-state index in [0.717, 1.165) is 12.8 Å². The van der Waals surface area contributed by atoms with Gasteiger partial charge >= 0.3 is 99.8 Å². The van der Waals surface area contributed by atoms with E-state index in [2.05, 4.69) is 220 Å². The molecule has 0 amide bonds. The second kappa shape index (κ2) is 17.6. The number of aryl methyl sites for hydroxylation is 2. The van der Waals surface area contributed by atoms with Crippen molar-refractivity contribution in [2.45, 2.75) is 26.7 Å². The van der Waals surface area contributed by atoms with Crippen LogP contribution in [0, 0.1) is 0 Å². The molecule has 0 fully saturated rings. The Labute approximate surface area is 346 Å². The molecule has 0 atom stereocenters. The Kier molecular flexibility index (Phi) is 11.8. The summed E-state index contributed by atoms with van der Waals surface area (Å²) in [5.41, 5.74) is 7.70. The number of rotatable bonds is 6. The van der Waals surface area contributed by atoms with Crippen molar-refractivity contribution in [2.24, 2.45) is 0 Å². The van der Waals surface area contributed by atoms with Crippen molar-refractivity contribution in [2.75, 3.05) is 0 Å². The number of hydrogen-bond acceptors (Lipinski definition) is 0. The van der Waals surface area contributed by atoms with Crippen LogP contribution in [0.4, 0.5) is 0 Å². The van der Waals surface area contributed by atoms with E-state index >= 15 is 0 Å².